The number of ether oxygens (including phenoxy) is 1. The van der Waals surface area contributed by atoms with Crippen molar-refractivity contribution in [2.75, 3.05) is 0 Å². The molecular formula is C16H15FO2. The normalized spacial score (nSPS) is 21.6. The summed E-state index contributed by atoms with van der Waals surface area (Å²) in [7, 11) is 0. The SMILES string of the molecule is Cc1ccc(C2C[C@@H](O)c3ccccc3O2)cc1F. The Morgan fingerprint density at radius 2 is 2.00 bits per heavy atom. The van der Waals surface area contributed by atoms with Crippen molar-refractivity contribution < 1.29 is 14.2 Å². The minimum absolute atomic E-state index is 0.241. The van der Waals surface area contributed by atoms with Crippen molar-refractivity contribution in [2.24, 2.45) is 0 Å². The molecule has 0 radical (unpaired) electrons. The van der Waals surface area contributed by atoms with Crippen LogP contribution < -0.4 is 4.74 Å². The van der Waals surface area contributed by atoms with Crippen LogP contribution in [0.15, 0.2) is 42.5 Å². The first-order valence-electron chi connectivity index (χ1n) is 6.35. The van der Waals surface area contributed by atoms with Crippen LogP contribution in [0, 0.1) is 12.7 Å². The van der Waals surface area contributed by atoms with Crippen LogP contribution in [0.4, 0.5) is 4.39 Å². The highest BCUT2D eigenvalue weighted by molar-refractivity contribution is 5.38. The van der Waals surface area contributed by atoms with Crippen LogP contribution in [0.3, 0.4) is 0 Å². The van der Waals surface area contributed by atoms with Crippen molar-refractivity contribution >= 4 is 0 Å². The van der Waals surface area contributed by atoms with E-state index >= 15 is 0 Å². The van der Waals surface area contributed by atoms with Gasteiger partial charge in [0.15, 0.2) is 0 Å². The van der Waals surface area contributed by atoms with Crippen LogP contribution in [0.2, 0.25) is 0 Å². The van der Waals surface area contributed by atoms with Crippen molar-refractivity contribution in [3.05, 3.63) is 65.0 Å². The molecule has 2 atom stereocenters. The molecule has 1 aliphatic heterocycles. The molecular weight excluding hydrogens is 243 g/mol. The fourth-order valence-corrected chi connectivity index (χ4v) is 2.41. The zero-order chi connectivity index (χ0) is 13.4. The molecule has 1 heterocycles. The first-order valence-corrected chi connectivity index (χ1v) is 6.35. The Balaban J connectivity index is 1.94. The second-order valence-corrected chi connectivity index (χ2v) is 4.90. The lowest BCUT2D eigenvalue weighted by Crippen LogP contribution is -2.19. The van der Waals surface area contributed by atoms with Crippen LogP contribution in [0.1, 0.15) is 35.3 Å². The fraction of sp³-hybridized carbons (Fsp3) is 0.250. The van der Waals surface area contributed by atoms with Gasteiger partial charge in [0.05, 0.1) is 6.10 Å². The number of rotatable bonds is 1. The van der Waals surface area contributed by atoms with Crippen molar-refractivity contribution in [1.29, 1.82) is 0 Å². The number of aryl methyl sites for hydroxylation is 1. The lowest BCUT2D eigenvalue weighted by atomic mass is 9.94. The minimum Gasteiger partial charge on any atom is -0.485 e. The van der Waals surface area contributed by atoms with Gasteiger partial charge in [-0.25, -0.2) is 4.39 Å². The molecule has 1 aliphatic rings. The first kappa shape index (κ1) is 12.2. The zero-order valence-corrected chi connectivity index (χ0v) is 10.6. The molecule has 1 N–H and O–H groups in total. The Labute approximate surface area is 111 Å². The Morgan fingerprint density at radius 1 is 1.21 bits per heavy atom. The number of hydrogen-bond acceptors (Lipinski definition) is 2. The highest BCUT2D eigenvalue weighted by Gasteiger charge is 2.27. The summed E-state index contributed by atoms with van der Waals surface area (Å²) in [6.07, 6.45) is -0.432. The number of para-hydroxylation sites is 1. The van der Waals surface area contributed by atoms with E-state index in [1.165, 1.54) is 6.07 Å². The fourth-order valence-electron chi connectivity index (χ4n) is 2.41. The van der Waals surface area contributed by atoms with Crippen molar-refractivity contribution in [2.45, 2.75) is 25.6 Å². The average molecular weight is 258 g/mol. The Morgan fingerprint density at radius 3 is 2.79 bits per heavy atom. The molecule has 3 heteroatoms. The summed E-state index contributed by atoms with van der Waals surface area (Å²) in [4.78, 5) is 0. The maximum atomic E-state index is 13.6. The topological polar surface area (TPSA) is 29.5 Å². The molecule has 0 aromatic heterocycles. The molecule has 2 aromatic carbocycles. The van der Waals surface area contributed by atoms with E-state index in [-0.39, 0.29) is 11.9 Å². The molecule has 0 amide bonds. The van der Waals surface area contributed by atoms with E-state index in [1.807, 2.05) is 30.3 Å². The van der Waals surface area contributed by atoms with E-state index in [0.717, 1.165) is 11.1 Å². The summed E-state index contributed by atoms with van der Waals surface area (Å²) < 4.78 is 19.5. The number of benzene rings is 2. The largest absolute Gasteiger partial charge is 0.485 e. The summed E-state index contributed by atoms with van der Waals surface area (Å²) in [6, 6.07) is 12.5. The summed E-state index contributed by atoms with van der Waals surface area (Å²) in [5, 5.41) is 10.1. The van der Waals surface area contributed by atoms with Crippen LogP contribution in [-0.2, 0) is 0 Å². The molecule has 98 valence electrons. The van der Waals surface area contributed by atoms with E-state index in [0.29, 0.717) is 17.7 Å². The highest BCUT2D eigenvalue weighted by atomic mass is 19.1. The summed E-state index contributed by atoms with van der Waals surface area (Å²) in [5.74, 6) is 0.432. The van der Waals surface area contributed by atoms with Gasteiger partial charge in [0, 0.05) is 12.0 Å². The van der Waals surface area contributed by atoms with Gasteiger partial charge in [-0.05, 0) is 30.2 Å². The predicted octanol–water partition coefficient (Wildman–Crippen LogP) is 3.69. The molecule has 2 nitrogen and oxygen atoms in total. The number of hydrogen-bond donors (Lipinski definition) is 1. The number of halogens is 1. The van der Waals surface area contributed by atoms with Crippen molar-refractivity contribution in [1.82, 2.24) is 0 Å². The molecule has 19 heavy (non-hydrogen) atoms. The second kappa shape index (κ2) is 4.67. The van der Waals surface area contributed by atoms with E-state index in [2.05, 4.69) is 0 Å². The van der Waals surface area contributed by atoms with Gasteiger partial charge >= 0.3 is 0 Å². The lowest BCUT2D eigenvalue weighted by molar-refractivity contribution is 0.0656. The van der Waals surface area contributed by atoms with Gasteiger partial charge in [-0.3, -0.25) is 0 Å². The van der Waals surface area contributed by atoms with Gasteiger partial charge in [0.1, 0.15) is 17.7 Å². The van der Waals surface area contributed by atoms with E-state index in [9.17, 15) is 9.50 Å². The van der Waals surface area contributed by atoms with Crippen LogP contribution in [0.5, 0.6) is 5.75 Å². The third-order valence-corrected chi connectivity index (χ3v) is 3.55. The number of aliphatic hydroxyl groups is 1. The van der Waals surface area contributed by atoms with Crippen LogP contribution in [0.25, 0.3) is 0 Å². The average Bonchev–Trinajstić information content (AvgIpc) is 2.42. The molecule has 0 bridgehead atoms. The lowest BCUT2D eigenvalue weighted by Gasteiger charge is -2.30. The molecule has 0 saturated carbocycles. The van der Waals surface area contributed by atoms with Crippen LogP contribution in [-0.4, -0.2) is 5.11 Å². The van der Waals surface area contributed by atoms with Gasteiger partial charge in [-0.1, -0.05) is 30.3 Å². The third-order valence-electron chi connectivity index (χ3n) is 3.55. The van der Waals surface area contributed by atoms with Crippen LogP contribution >= 0.6 is 0 Å². The molecule has 0 saturated heterocycles. The maximum Gasteiger partial charge on any atom is 0.127 e. The van der Waals surface area contributed by atoms with E-state index in [4.69, 9.17) is 4.74 Å². The smallest absolute Gasteiger partial charge is 0.127 e. The first-order chi connectivity index (χ1) is 9.15. The van der Waals surface area contributed by atoms with Gasteiger partial charge in [-0.2, -0.15) is 0 Å². The monoisotopic (exact) mass is 258 g/mol. The second-order valence-electron chi connectivity index (χ2n) is 4.90. The Kier molecular flexibility index (Phi) is 2.99. The van der Waals surface area contributed by atoms with Gasteiger partial charge in [0.25, 0.3) is 0 Å². The number of fused-ring (bicyclic) bond motifs is 1. The predicted molar refractivity (Wildman–Crippen MR) is 70.5 cm³/mol. The number of aliphatic hydroxyl groups excluding tert-OH is 1. The molecule has 3 rings (SSSR count). The highest BCUT2D eigenvalue weighted by Crippen LogP contribution is 2.40. The maximum absolute atomic E-state index is 13.6. The van der Waals surface area contributed by atoms with E-state index in [1.54, 1.807) is 13.0 Å². The third kappa shape index (κ3) is 2.22. The summed E-state index contributed by atoms with van der Waals surface area (Å²) in [5.41, 5.74) is 2.17. The van der Waals surface area contributed by atoms with E-state index < -0.39 is 6.10 Å². The molecule has 0 spiro atoms. The molecule has 0 aliphatic carbocycles. The van der Waals surface area contributed by atoms with Gasteiger partial charge in [0.2, 0.25) is 0 Å². The minimum atomic E-state index is -0.570. The van der Waals surface area contributed by atoms with Gasteiger partial charge < -0.3 is 9.84 Å². The summed E-state index contributed by atoms with van der Waals surface area (Å²) in [6.45, 7) is 1.73. The summed E-state index contributed by atoms with van der Waals surface area (Å²) >= 11 is 0. The Hall–Kier alpha value is -1.87. The van der Waals surface area contributed by atoms with Crippen molar-refractivity contribution in [3.8, 4) is 5.75 Å². The van der Waals surface area contributed by atoms with Gasteiger partial charge in [-0.15, -0.1) is 0 Å². The quantitative estimate of drug-likeness (QED) is 0.845. The molecule has 2 aromatic rings. The standard InChI is InChI=1S/C16H15FO2/c1-10-6-7-11(8-13(10)17)16-9-14(18)12-4-2-3-5-15(12)19-16/h2-8,14,16,18H,9H2,1H3/t14-,16?/m1/s1. The Bertz CT molecular complexity index is 609. The molecule has 0 fully saturated rings. The molecule has 1 unspecified atom stereocenters. The zero-order valence-electron chi connectivity index (χ0n) is 10.6. The van der Waals surface area contributed by atoms with Crippen molar-refractivity contribution in [3.63, 3.8) is 0 Å².